The van der Waals surface area contributed by atoms with Gasteiger partial charge in [0.15, 0.2) is 11.5 Å². The van der Waals surface area contributed by atoms with E-state index >= 15 is 0 Å². The lowest BCUT2D eigenvalue weighted by Crippen LogP contribution is -2.39. The van der Waals surface area contributed by atoms with Gasteiger partial charge in [-0.2, -0.15) is 0 Å². The molecule has 0 radical (unpaired) electrons. The van der Waals surface area contributed by atoms with Gasteiger partial charge in [-0.3, -0.25) is 0 Å². The third-order valence-electron chi connectivity index (χ3n) is 6.50. The molecular weight excluding hydrogens is 564 g/mol. The van der Waals surface area contributed by atoms with E-state index in [0.717, 1.165) is 12.8 Å². The maximum atomic E-state index is 12.7. The van der Waals surface area contributed by atoms with E-state index in [-0.39, 0.29) is 23.7 Å². The summed E-state index contributed by atoms with van der Waals surface area (Å²) in [4.78, 5) is 24.8. The summed E-state index contributed by atoms with van der Waals surface area (Å²) in [6.45, 7) is 23.7. The third kappa shape index (κ3) is 8.86. The summed E-state index contributed by atoms with van der Waals surface area (Å²) in [5.41, 5.74) is 1.89. The van der Waals surface area contributed by atoms with Gasteiger partial charge in [0.2, 0.25) is 17.3 Å². The first-order chi connectivity index (χ1) is 21.0. The molecule has 2 aromatic rings. The van der Waals surface area contributed by atoms with Crippen molar-refractivity contribution in [3.8, 4) is 28.7 Å². The summed E-state index contributed by atoms with van der Waals surface area (Å²) < 4.78 is 42.7. The maximum Gasteiger partial charge on any atom is 0.338 e. The SMILES string of the molecule is C=C(C)C(=O)Oc1ccc(C(OCCC)(OCCC)C(C)c2cc(OCC)c(OC(=O)C(=C)C)c(OCC)c2OCC)cc1. The minimum Gasteiger partial charge on any atom is -0.490 e. The predicted molar refractivity (Wildman–Crippen MR) is 170 cm³/mol. The van der Waals surface area contributed by atoms with Crippen LogP contribution in [0, 0.1) is 0 Å². The fraction of sp³-hybridized carbons (Fsp3) is 0.486. The van der Waals surface area contributed by atoms with Crippen LogP contribution >= 0.6 is 0 Å². The average Bonchev–Trinajstić information content (AvgIpc) is 3.00. The predicted octanol–water partition coefficient (Wildman–Crippen LogP) is 7.66. The lowest BCUT2D eigenvalue weighted by atomic mass is 9.85. The standard InChI is InChI=1S/C35H48O9/c1-11-20-41-35(42-21-12-2,26-16-18-27(19-17-26)43-33(36)23(6)7)25(10)28-22-29(38-13-3)31(44-34(37)24(8)9)32(40-15-5)30(28)39-14-4/h16-19,22,25H,6,8,11-15,20-21H2,1-5,7,9-10H3. The fourth-order valence-electron chi connectivity index (χ4n) is 4.42. The first kappa shape index (κ1) is 36.4. The molecule has 0 spiro atoms. The number of benzene rings is 2. The summed E-state index contributed by atoms with van der Waals surface area (Å²) in [6, 6.07) is 8.82. The van der Waals surface area contributed by atoms with Gasteiger partial charge in [0, 0.05) is 28.2 Å². The molecule has 0 fully saturated rings. The van der Waals surface area contributed by atoms with Crippen LogP contribution in [0.2, 0.25) is 0 Å². The largest absolute Gasteiger partial charge is 0.490 e. The Hall–Kier alpha value is -3.82. The Morgan fingerprint density at radius 3 is 1.70 bits per heavy atom. The van der Waals surface area contributed by atoms with E-state index in [1.165, 1.54) is 0 Å². The minimum atomic E-state index is -1.29. The summed E-state index contributed by atoms with van der Waals surface area (Å²) >= 11 is 0. The van der Waals surface area contributed by atoms with Crippen LogP contribution in [0.25, 0.3) is 0 Å². The Morgan fingerprint density at radius 1 is 0.727 bits per heavy atom. The lowest BCUT2D eigenvalue weighted by molar-refractivity contribution is -0.259. The molecule has 2 aromatic carbocycles. The Bertz CT molecular complexity index is 1270. The molecule has 0 saturated heterocycles. The zero-order valence-corrected chi connectivity index (χ0v) is 27.5. The molecule has 0 heterocycles. The van der Waals surface area contributed by atoms with Crippen molar-refractivity contribution in [2.75, 3.05) is 33.0 Å². The normalized spacial score (nSPS) is 11.8. The molecule has 1 atom stereocenters. The van der Waals surface area contributed by atoms with Crippen molar-refractivity contribution in [1.82, 2.24) is 0 Å². The van der Waals surface area contributed by atoms with Crippen LogP contribution < -0.4 is 23.7 Å². The van der Waals surface area contributed by atoms with Gasteiger partial charge in [0.1, 0.15) is 5.75 Å². The highest BCUT2D eigenvalue weighted by Crippen LogP contribution is 2.53. The van der Waals surface area contributed by atoms with Gasteiger partial charge < -0.3 is 33.2 Å². The Kier molecular flexibility index (Phi) is 14.4. The molecule has 0 aromatic heterocycles. The number of carbonyl (C=O) groups excluding carboxylic acids is 2. The van der Waals surface area contributed by atoms with Gasteiger partial charge in [-0.05, 0) is 77.8 Å². The van der Waals surface area contributed by atoms with Crippen LogP contribution in [0.4, 0.5) is 0 Å². The van der Waals surface area contributed by atoms with Crippen LogP contribution in [-0.2, 0) is 24.8 Å². The number of hydrogen-bond donors (Lipinski definition) is 0. The van der Waals surface area contributed by atoms with E-state index in [9.17, 15) is 9.59 Å². The molecule has 0 saturated carbocycles. The average molecular weight is 613 g/mol. The molecule has 0 amide bonds. The minimum absolute atomic E-state index is 0.110. The lowest BCUT2D eigenvalue weighted by Gasteiger charge is -2.40. The van der Waals surface area contributed by atoms with Crippen molar-refractivity contribution >= 4 is 11.9 Å². The molecule has 44 heavy (non-hydrogen) atoms. The van der Waals surface area contributed by atoms with Gasteiger partial charge in [-0.1, -0.05) is 33.9 Å². The monoisotopic (exact) mass is 612 g/mol. The zero-order valence-electron chi connectivity index (χ0n) is 27.5. The highest BCUT2D eigenvalue weighted by atomic mass is 16.7. The molecule has 2 rings (SSSR count). The van der Waals surface area contributed by atoms with Crippen molar-refractivity contribution in [3.05, 3.63) is 65.8 Å². The first-order valence-corrected chi connectivity index (χ1v) is 15.2. The second kappa shape index (κ2) is 17.5. The van der Waals surface area contributed by atoms with E-state index in [1.807, 2.05) is 53.7 Å². The zero-order chi connectivity index (χ0) is 32.9. The molecule has 0 bridgehead atoms. The Labute approximate surface area is 262 Å². The number of carbonyl (C=O) groups is 2. The van der Waals surface area contributed by atoms with Crippen molar-refractivity contribution in [2.45, 2.75) is 79.9 Å². The maximum absolute atomic E-state index is 12.7. The van der Waals surface area contributed by atoms with E-state index < -0.39 is 23.6 Å². The van der Waals surface area contributed by atoms with Gasteiger partial charge in [-0.25, -0.2) is 9.59 Å². The summed E-state index contributed by atoms with van der Waals surface area (Å²) in [5.74, 6) is -1.53. The highest BCUT2D eigenvalue weighted by molar-refractivity contribution is 5.90. The summed E-state index contributed by atoms with van der Waals surface area (Å²) in [6.07, 6.45) is 1.47. The summed E-state index contributed by atoms with van der Waals surface area (Å²) in [5, 5.41) is 0. The molecule has 0 aliphatic carbocycles. The van der Waals surface area contributed by atoms with Gasteiger partial charge >= 0.3 is 11.9 Å². The highest BCUT2D eigenvalue weighted by Gasteiger charge is 2.44. The van der Waals surface area contributed by atoms with Crippen LogP contribution in [-0.4, -0.2) is 45.0 Å². The van der Waals surface area contributed by atoms with Gasteiger partial charge in [0.25, 0.3) is 0 Å². The van der Waals surface area contributed by atoms with Crippen LogP contribution in [0.15, 0.2) is 54.6 Å². The Morgan fingerprint density at radius 2 is 1.23 bits per heavy atom. The van der Waals surface area contributed by atoms with Crippen molar-refractivity contribution in [3.63, 3.8) is 0 Å². The molecule has 9 nitrogen and oxygen atoms in total. The molecule has 0 N–H and O–H groups in total. The first-order valence-electron chi connectivity index (χ1n) is 15.2. The quantitative estimate of drug-likeness (QED) is 0.0685. The molecule has 0 aliphatic heterocycles. The van der Waals surface area contributed by atoms with Crippen molar-refractivity contribution < 1.29 is 42.7 Å². The van der Waals surface area contributed by atoms with Crippen molar-refractivity contribution in [2.24, 2.45) is 0 Å². The number of esters is 2. The fourth-order valence-corrected chi connectivity index (χ4v) is 4.42. The third-order valence-corrected chi connectivity index (χ3v) is 6.50. The molecule has 1 unspecified atom stereocenters. The van der Waals surface area contributed by atoms with Gasteiger partial charge in [0.05, 0.1) is 33.0 Å². The molecule has 242 valence electrons. The van der Waals surface area contributed by atoms with Crippen LogP contribution in [0.5, 0.6) is 28.7 Å². The van der Waals surface area contributed by atoms with Crippen LogP contribution in [0.1, 0.15) is 85.3 Å². The van der Waals surface area contributed by atoms with Gasteiger partial charge in [-0.15, -0.1) is 0 Å². The second-order valence-corrected chi connectivity index (χ2v) is 10.2. The topological polar surface area (TPSA) is 98.8 Å². The van der Waals surface area contributed by atoms with E-state index in [2.05, 4.69) is 13.2 Å². The molecule has 0 aliphatic rings. The van der Waals surface area contributed by atoms with E-state index in [1.54, 1.807) is 32.0 Å². The molecular formula is C35H48O9. The summed E-state index contributed by atoms with van der Waals surface area (Å²) in [7, 11) is 0. The Balaban J connectivity index is 2.89. The van der Waals surface area contributed by atoms with E-state index in [0.29, 0.717) is 60.4 Å². The smallest absolute Gasteiger partial charge is 0.338 e. The number of ether oxygens (including phenoxy) is 7. The number of hydrogen-bond acceptors (Lipinski definition) is 9. The molecule has 9 heteroatoms. The van der Waals surface area contributed by atoms with Crippen LogP contribution in [0.3, 0.4) is 0 Å². The van der Waals surface area contributed by atoms with E-state index in [4.69, 9.17) is 33.2 Å². The van der Waals surface area contributed by atoms with Crippen molar-refractivity contribution in [1.29, 1.82) is 0 Å². The number of rotatable bonds is 19. The second-order valence-electron chi connectivity index (χ2n) is 10.2.